The fraction of sp³-hybridized carbons (Fsp3) is 0. The molecule has 12 aromatic carbocycles. The lowest BCUT2D eigenvalue weighted by Gasteiger charge is -2.46. The molecule has 14 aromatic rings. The van der Waals surface area contributed by atoms with Gasteiger partial charge in [0.1, 0.15) is 0 Å². The van der Waals surface area contributed by atoms with Gasteiger partial charge in [0.2, 0.25) is 6.71 Å². The number of benzene rings is 12. The maximum atomic E-state index is 2.65. The molecule has 0 saturated carbocycles. The summed E-state index contributed by atoms with van der Waals surface area (Å²) in [6, 6.07) is 102. The molecule has 0 atom stereocenters. The van der Waals surface area contributed by atoms with E-state index in [0.29, 0.717) is 0 Å². The predicted molar refractivity (Wildman–Crippen MR) is 339 cm³/mol. The largest absolute Gasteiger partial charge is 0.311 e. The molecule has 0 amide bonds. The van der Waals surface area contributed by atoms with E-state index in [1.165, 1.54) is 115 Å². The van der Waals surface area contributed by atoms with Crippen LogP contribution in [0.15, 0.2) is 283 Å². The predicted octanol–water partition coefficient (Wildman–Crippen LogP) is 14.7. The molecule has 6 heterocycles. The van der Waals surface area contributed by atoms with Crippen LogP contribution in [0.2, 0.25) is 0 Å². The highest BCUT2D eigenvalue weighted by Crippen LogP contribution is 2.53. The van der Waals surface area contributed by atoms with Gasteiger partial charge in [0.25, 0.3) is 6.71 Å². The lowest BCUT2D eigenvalue weighted by molar-refractivity contribution is 1.17. The summed E-state index contributed by atoms with van der Waals surface area (Å²) in [6.45, 7) is -0.178. The molecule has 370 valence electrons. The topological polar surface area (TPSA) is 19.6 Å². The quantitative estimate of drug-likeness (QED) is 0.160. The fourth-order valence-electron chi connectivity index (χ4n) is 14.4. The monoisotopic (exact) mass is 1030 g/mol. The second-order valence-corrected chi connectivity index (χ2v) is 22.6. The van der Waals surface area contributed by atoms with Crippen molar-refractivity contribution in [1.82, 2.24) is 9.13 Å². The highest BCUT2D eigenvalue weighted by atomic mass is 32.2. The van der Waals surface area contributed by atoms with Crippen LogP contribution >= 0.6 is 11.8 Å². The first kappa shape index (κ1) is 44.1. The molecule has 0 N–H and O–H groups in total. The number of aromatic nitrogens is 2. The number of anilines is 9. The number of hydrogen-bond donors (Lipinski definition) is 0. The number of rotatable bonds is 5. The van der Waals surface area contributed by atoms with Crippen molar-refractivity contribution in [3.05, 3.63) is 273 Å². The van der Waals surface area contributed by atoms with Crippen molar-refractivity contribution in [2.75, 3.05) is 14.7 Å². The van der Waals surface area contributed by atoms with Crippen LogP contribution < -0.4 is 47.5 Å². The van der Waals surface area contributed by atoms with Crippen LogP contribution in [-0.2, 0) is 0 Å². The number of para-hydroxylation sites is 8. The van der Waals surface area contributed by atoms with Crippen LogP contribution in [0.4, 0.5) is 51.2 Å². The van der Waals surface area contributed by atoms with E-state index in [1.54, 1.807) is 0 Å². The Morgan fingerprint density at radius 3 is 1.25 bits per heavy atom. The molecule has 4 aliphatic rings. The van der Waals surface area contributed by atoms with Gasteiger partial charge in [0.15, 0.2) is 0 Å². The first-order valence-corrected chi connectivity index (χ1v) is 28.5. The summed E-state index contributed by atoms with van der Waals surface area (Å²) in [5.74, 6) is 0. The van der Waals surface area contributed by atoms with Gasteiger partial charge in [0, 0.05) is 82.5 Å². The highest BCUT2D eigenvalue weighted by molar-refractivity contribution is 8.00. The van der Waals surface area contributed by atoms with E-state index in [0.717, 1.165) is 34.0 Å². The summed E-state index contributed by atoms with van der Waals surface area (Å²) < 4.78 is 4.98. The van der Waals surface area contributed by atoms with Crippen LogP contribution in [0.5, 0.6) is 0 Å². The third-order valence-electron chi connectivity index (χ3n) is 17.4. The molecule has 8 heteroatoms. The number of nitrogens with zero attached hydrogens (tertiary/aromatic N) is 5. The van der Waals surface area contributed by atoms with Gasteiger partial charge in [-0.1, -0.05) is 187 Å². The Balaban J connectivity index is 1.02. The smallest absolute Gasteiger partial charge is 0.252 e. The van der Waals surface area contributed by atoms with E-state index >= 15 is 0 Å². The van der Waals surface area contributed by atoms with Crippen molar-refractivity contribution in [1.29, 1.82) is 0 Å². The molecule has 2 aromatic heterocycles. The average molecular weight is 1030 g/mol. The van der Waals surface area contributed by atoms with Gasteiger partial charge in [-0.15, -0.1) is 0 Å². The first-order valence-electron chi connectivity index (χ1n) is 27.7. The van der Waals surface area contributed by atoms with Crippen molar-refractivity contribution >= 4 is 153 Å². The molecule has 18 rings (SSSR count). The summed E-state index contributed by atoms with van der Waals surface area (Å²) >= 11 is 1.92. The first-order chi connectivity index (χ1) is 39.8. The Labute approximate surface area is 468 Å². The number of hydrogen-bond acceptors (Lipinski definition) is 4. The molecule has 0 fully saturated rings. The van der Waals surface area contributed by atoms with Crippen LogP contribution in [0.1, 0.15) is 0 Å². The standard InChI is InChI=1S/C72H45B2N5S/c1-6-24-46(25-7-1)75-57-38-20-16-34-51(57)67-62(75)44-64-69-71(67)78(49-30-12-4-13-31-49)60-43-61-56(42-55(60)73(69)53-36-18-22-40-59(53)77(64)48-28-10-3-11-29-48)74-54-37-19-23-41-65(54)80-66-45-63-68(72(70(66)74)79(61)50-32-14-5-15-33-50)52-35-17-21-39-58(52)76(63)47-26-8-2-9-27-47/h1-45H. The average Bonchev–Trinajstić information content (AvgIpc) is 4.18. The normalized spacial score (nSPS) is 13.6. The van der Waals surface area contributed by atoms with Crippen molar-refractivity contribution in [2.45, 2.75) is 9.79 Å². The van der Waals surface area contributed by atoms with Gasteiger partial charge in [-0.05, 0) is 130 Å². The zero-order valence-electron chi connectivity index (χ0n) is 43.3. The number of fused-ring (bicyclic) bond motifs is 16. The van der Waals surface area contributed by atoms with E-state index in [-0.39, 0.29) is 13.4 Å². The molecule has 4 aliphatic heterocycles. The Kier molecular flexibility index (Phi) is 9.28. The second-order valence-electron chi connectivity index (χ2n) is 21.5. The van der Waals surface area contributed by atoms with Gasteiger partial charge in [-0.2, -0.15) is 0 Å². The minimum atomic E-state index is -0.120. The third-order valence-corrected chi connectivity index (χ3v) is 18.6. The molecule has 0 unspecified atom stereocenters. The maximum absolute atomic E-state index is 2.65. The zero-order chi connectivity index (χ0) is 52.2. The van der Waals surface area contributed by atoms with Gasteiger partial charge < -0.3 is 23.8 Å². The van der Waals surface area contributed by atoms with E-state index in [4.69, 9.17) is 0 Å². The molecule has 0 radical (unpaired) electrons. The van der Waals surface area contributed by atoms with E-state index < -0.39 is 0 Å². The van der Waals surface area contributed by atoms with Gasteiger partial charge in [0.05, 0.1) is 33.4 Å². The van der Waals surface area contributed by atoms with E-state index in [1.807, 2.05) is 11.8 Å². The molecule has 5 nitrogen and oxygen atoms in total. The fourth-order valence-corrected chi connectivity index (χ4v) is 15.6. The third kappa shape index (κ3) is 6.00. The van der Waals surface area contributed by atoms with E-state index in [9.17, 15) is 0 Å². The van der Waals surface area contributed by atoms with Gasteiger partial charge in [-0.25, -0.2) is 0 Å². The lowest BCUT2D eigenvalue weighted by Crippen LogP contribution is -2.64. The van der Waals surface area contributed by atoms with Gasteiger partial charge >= 0.3 is 0 Å². The van der Waals surface area contributed by atoms with Crippen LogP contribution in [0, 0.1) is 0 Å². The van der Waals surface area contributed by atoms with E-state index in [2.05, 4.69) is 297 Å². The molecule has 80 heavy (non-hydrogen) atoms. The van der Waals surface area contributed by atoms with Crippen molar-refractivity contribution in [2.24, 2.45) is 0 Å². The molecule has 0 saturated heterocycles. The SMILES string of the molecule is c1ccc(N2c3ccccc3B3c4cc5c(cc4N(c4ccccc4)c4c3c2cc2c4c3ccccc3n2-c2ccccc2)N(c2ccccc2)c2c3c(cc4c2c2ccccc2n4-c2ccccc2)Sc2ccccc2B53)cc1. The Morgan fingerprint density at radius 1 is 0.263 bits per heavy atom. The van der Waals surface area contributed by atoms with Crippen molar-refractivity contribution in [3.63, 3.8) is 0 Å². The second kappa shape index (κ2) is 16.8. The summed E-state index contributed by atoms with van der Waals surface area (Å²) in [5, 5.41) is 4.95. The summed E-state index contributed by atoms with van der Waals surface area (Å²) in [4.78, 5) is 10.4. The lowest BCUT2D eigenvalue weighted by atomic mass is 9.30. The van der Waals surface area contributed by atoms with Crippen molar-refractivity contribution in [3.8, 4) is 11.4 Å². The molecule has 0 spiro atoms. The molecular formula is C72H45B2N5S. The van der Waals surface area contributed by atoms with Crippen LogP contribution in [-0.4, -0.2) is 22.6 Å². The minimum absolute atomic E-state index is 0.0574. The zero-order valence-corrected chi connectivity index (χ0v) is 44.1. The summed E-state index contributed by atoms with van der Waals surface area (Å²) in [6.07, 6.45) is 0. The minimum Gasteiger partial charge on any atom is -0.311 e. The Hall–Kier alpha value is -9.88. The van der Waals surface area contributed by atoms with Crippen LogP contribution in [0.3, 0.4) is 0 Å². The summed E-state index contributed by atoms with van der Waals surface area (Å²) in [5.41, 5.74) is 25.5. The van der Waals surface area contributed by atoms with Crippen LogP contribution in [0.25, 0.3) is 55.0 Å². The molecule has 0 bridgehead atoms. The summed E-state index contributed by atoms with van der Waals surface area (Å²) in [7, 11) is 0. The van der Waals surface area contributed by atoms with Crippen molar-refractivity contribution < 1.29 is 0 Å². The highest BCUT2D eigenvalue weighted by Gasteiger charge is 2.49. The maximum Gasteiger partial charge on any atom is 0.252 e. The molecular weight excluding hydrogens is 989 g/mol. The Bertz CT molecular complexity index is 4890. The van der Waals surface area contributed by atoms with Gasteiger partial charge in [-0.3, -0.25) is 0 Å². The molecule has 0 aliphatic carbocycles. The Morgan fingerprint density at radius 2 is 0.688 bits per heavy atom.